The maximum Gasteiger partial charge on any atom is 0.146 e. The summed E-state index contributed by atoms with van der Waals surface area (Å²) < 4.78 is 27.4. The van der Waals surface area contributed by atoms with Gasteiger partial charge in [0.1, 0.15) is 11.6 Å². The summed E-state index contributed by atoms with van der Waals surface area (Å²) in [4.78, 5) is 1.94. The standard InChI is InChI=1S/C14H20F2N2/c1-9-6-12(16)14(7-11(9)15)18-5-4-13(17-3)10(2)8-18/h6-7,10,13,17H,4-5,8H2,1-3H3. The molecule has 2 nitrogen and oxygen atoms in total. The van der Waals surface area contributed by atoms with Crippen molar-refractivity contribution in [3.63, 3.8) is 0 Å². The lowest BCUT2D eigenvalue weighted by molar-refractivity contribution is 0.337. The Hall–Kier alpha value is -1.16. The van der Waals surface area contributed by atoms with Gasteiger partial charge in [-0.05, 0) is 37.9 Å². The van der Waals surface area contributed by atoms with Crippen LogP contribution in [0.25, 0.3) is 0 Å². The Kier molecular flexibility index (Phi) is 3.85. The smallest absolute Gasteiger partial charge is 0.146 e. The maximum absolute atomic E-state index is 13.9. The van der Waals surface area contributed by atoms with Crippen molar-refractivity contribution in [1.82, 2.24) is 5.32 Å². The Morgan fingerprint density at radius 3 is 2.61 bits per heavy atom. The van der Waals surface area contributed by atoms with E-state index in [0.717, 1.165) is 19.5 Å². The fourth-order valence-corrected chi connectivity index (χ4v) is 2.67. The van der Waals surface area contributed by atoms with Crippen LogP contribution in [0.4, 0.5) is 14.5 Å². The number of hydrogen-bond donors (Lipinski definition) is 1. The zero-order valence-corrected chi connectivity index (χ0v) is 11.1. The number of halogens is 2. The highest BCUT2D eigenvalue weighted by Gasteiger charge is 2.26. The van der Waals surface area contributed by atoms with Crippen molar-refractivity contribution < 1.29 is 8.78 Å². The Balaban J connectivity index is 2.20. The Morgan fingerprint density at radius 2 is 2.00 bits per heavy atom. The quantitative estimate of drug-likeness (QED) is 0.873. The van der Waals surface area contributed by atoms with Crippen molar-refractivity contribution in [1.29, 1.82) is 0 Å². The van der Waals surface area contributed by atoms with E-state index in [0.29, 0.717) is 23.2 Å². The molecule has 0 amide bonds. The minimum absolute atomic E-state index is 0.330. The summed E-state index contributed by atoms with van der Waals surface area (Å²) in [5, 5.41) is 3.27. The summed E-state index contributed by atoms with van der Waals surface area (Å²) in [6, 6.07) is 3.05. The van der Waals surface area contributed by atoms with Crippen LogP contribution in [0.3, 0.4) is 0 Å². The first-order chi connectivity index (χ1) is 8.52. The molecule has 0 radical (unpaired) electrons. The molecule has 2 rings (SSSR count). The fraction of sp³-hybridized carbons (Fsp3) is 0.571. The van der Waals surface area contributed by atoms with Gasteiger partial charge in [0.05, 0.1) is 5.69 Å². The highest BCUT2D eigenvalue weighted by molar-refractivity contribution is 5.50. The highest BCUT2D eigenvalue weighted by atomic mass is 19.1. The van der Waals surface area contributed by atoms with Crippen LogP contribution < -0.4 is 10.2 Å². The minimum atomic E-state index is -0.338. The number of benzene rings is 1. The van der Waals surface area contributed by atoms with Gasteiger partial charge in [0.25, 0.3) is 0 Å². The molecule has 1 N–H and O–H groups in total. The third kappa shape index (κ3) is 2.48. The summed E-state index contributed by atoms with van der Waals surface area (Å²) in [7, 11) is 1.95. The SMILES string of the molecule is CNC1CCN(c2cc(F)c(C)cc2F)CC1C. The lowest BCUT2D eigenvalue weighted by Gasteiger charge is -2.38. The Bertz CT molecular complexity index is 434. The summed E-state index contributed by atoms with van der Waals surface area (Å²) in [6.07, 6.45) is 0.951. The molecule has 1 aromatic carbocycles. The van der Waals surface area contributed by atoms with Crippen LogP contribution in [-0.4, -0.2) is 26.2 Å². The average molecular weight is 254 g/mol. The number of nitrogens with one attached hydrogen (secondary N) is 1. The summed E-state index contributed by atoms with van der Waals surface area (Å²) in [5.41, 5.74) is 0.744. The van der Waals surface area contributed by atoms with Gasteiger partial charge >= 0.3 is 0 Å². The zero-order valence-electron chi connectivity index (χ0n) is 11.1. The van der Waals surface area contributed by atoms with Crippen LogP contribution in [0.1, 0.15) is 18.9 Å². The van der Waals surface area contributed by atoms with Crippen LogP contribution in [0.15, 0.2) is 12.1 Å². The molecule has 0 aliphatic carbocycles. The fourth-order valence-electron chi connectivity index (χ4n) is 2.67. The zero-order chi connectivity index (χ0) is 13.3. The first-order valence-corrected chi connectivity index (χ1v) is 6.40. The van der Waals surface area contributed by atoms with E-state index in [1.54, 1.807) is 6.92 Å². The van der Waals surface area contributed by atoms with E-state index in [2.05, 4.69) is 12.2 Å². The molecule has 18 heavy (non-hydrogen) atoms. The highest BCUT2D eigenvalue weighted by Crippen LogP contribution is 2.27. The predicted octanol–water partition coefficient (Wildman–Crippen LogP) is 2.71. The molecule has 1 aromatic rings. The predicted molar refractivity (Wildman–Crippen MR) is 69.9 cm³/mol. The van der Waals surface area contributed by atoms with Gasteiger partial charge in [-0.25, -0.2) is 8.78 Å². The van der Waals surface area contributed by atoms with E-state index in [4.69, 9.17) is 0 Å². The van der Waals surface area contributed by atoms with Crippen molar-refractivity contribution in [3.05, 3.63) is 29.3 Å². The first-order valence-electron chi connectivity index (χ1n) is 6.40. The van der Waals surface area contributed by atoms with Crippen LogP contribution in [0.2, 0.25) is 0 Å². The van der Waals surface area contributed by atoms with Crippen LogP contribution in [0, 0.1) is 24.5 Å². The summed E-state index contributed by atoms with van der Waals surface area (Å²) >= 11 is 0. The van der Waals surface area contributed by atoms with E-state index in [-0.39, 0.29) is 11.6 Å². The van der Waals surface area contributed by atoms with Gasteiger partial charge in [-0.15, -0.1) is 0 Å². The van der Waals surface area contributed by atoms with E-state index in [9.17, 15) is 8.78 Å². The van der Waals surface area contributed by atoms with Gasteiger partial charge in [0.15, 0.2) is 0 Å². The molecule has 0 bridgehead atoms. The molecule has 2 unspecified atom stereocenters. The number of piperidine rings is 1. The first kappa shape index (κ1) is 13.3. The molecule has 1 fully saturated rings. The van der Waals surface area contributed by atoms with Crippen molar-refractivity contribution in [2.24, 2.45) is 5.92 Å². The van der Waals surface area contributed by atoms with E-state index >= 15 is 0 Å². The molecular formula is C14H20F2N2. The van der Waals surface area contributed by atoms with Gasteiger partial charge < -0.3 is 10.2 Å². The Morgan fingerprint density at radius 1 is 1.28 bits per heavy atom. The van der Waals surface area contributed by atoms with Gasteiger partial charge in [0, 0.05) is 25.2 Å². The Labute approximate surface area is 107 Å². The van der Waals surface area contributed by atoms with Gasteiger partial charge in [0.2, 0.25) is 0 Å². The number of aryl methyl sites for hydroxylation is 1. The molecule has 0 saturated carbocycles. The molecule has 4 heteroatoms. The van der Waals surface area contributed by atoms with Crippen molar-refractivity contribution in [3.8, 4) is 0 Å². The second-order valence-corrected chi connectivity index (χ2v) is 5.16. The lowest BCUT2D eigenvalue weighted by atomic mass is 9.93. The van der Waals surface area contributed by atoms with Gasteiger partial charge in [-0.2, -0.15) is 0 Å². The average Bonchev–Trinajstić information content (AvgIpc) is 2.33. The van der Waals surface area contributed by atoms with Crippen LogP contribution in [0.5, 0.6) is 0 Å². The van der Waals surface area contributed by atoms with E-state index in [1.165, 1.54) is 12.1 Å². The number of nitrogens with zero attached hydrogens (tertiary/aromatic N) is 1. The number of rotatable bonds is 2. The van der Waals surface area contributed by atoms with Crippen LogP contribution in [-0.2, 0) is 0 Å². The number of anilines is 1. The monoisotopic (exact) mass is 254 g/mol. The molecule has 100 valence electrons. The largest absolute Gasteiger partial charge is 0.369 e. The summed E-state index contributed by atoms with van der Waals surface area (Å²) in [5.74, 6) is -0.244. The molecule has 1 aliphatic rings. The van der Waals surface area contributed by atoms with E-state index in [1.807, 2.05) is 11.9 Å². The lowest BCUT2D eigenvalue weighted by Crippen LogP contribution is -2.47. The molecule has 0 aromatic heterocycles. The maximum atomic E-state index is 13.9. The van der Waals surface area contributed by atoms with Crippen molar-refractivity contribution in [2.45, 2.75) is 26.3 Å². The van der Waals surface area contributed by atoms with Gasteiger partial charge in [-0.3, -0.25) is 0 Å². The second-order valence-electron chi connectivity index (χ2n) is 5.16. The molecule has 0 spiro atoms. The molecule has 2 atom stereocenters. The summed E-state index contributed by atoms with van der Waals surface area (Å²) in [6.45, 7) is 5.23. The normalized spacial score (nSPS) is 24.4. The third-order valence-electron chi connectivity index (χ3n) is 3.84. The molecule has 1 saturated heterocycles. The topological polar surface area (TPSA) is 15.3 Å². The number of hydrogen-bond acceptors (Lipinski definition) is 2. The van der Waals surface area contributed by atoms with E-state index < -0.39 is 0 Å². The molecular weight excluding hydrogens is 234 g/mol. The van der Waals surface area contributed by atoms with Gasteiger partial charge in [-0.1, -0.05) is 6.92 Å². The van der Waals surface area contributed by atoms with Crippen molar-refractivity contribution in [2.75, 3.05) is 25.0 Å². The third-order valence-corrected chi connectivity index (χ3v) is 3.84. The second kappa shape index (κ2) is 5.22. The minimum Gasteiger partial charge on any atom is -0.369 e. The molecule has 1 heterocycles. The van der Waals surface area contributed by atoms with Crippen LogP contribution >= 0.6 is 0 Å². The van der Waals surface area contributed by atoms with Crippen molar-refractivity contribution >= 4 is 5.69 Å². The molecule has 1 aliphatic heterocycles.